The van der Waals surface area contributed by atoms with Gasteiger partial charge in [0.1, 0.15) is 5.75 Å². The number of hydrogen-bond donors (Lipinski definition) is 1. The zero-order valence-corrected chi connectivity index (χ0v) is 11.7. The van der Waals surface area contributed by atoms with E-state index in [0.29, 0.717) is 0 Å². The van der Waals surface area contributed by atoms with E-state index < -0.39 is 0 Å². The molecule has 2 aromatic rings. The number of methoxy groups -OCH3 is 3. The molecule has 0 heterocycles. The van der Waals surface area contributed by atoms with Gasteiger partial charge in [0, 0.05) is 12.1 Å². The largest absolute Gasteiger partial charge is 0.496 e. The second-order valence-corrected chi connectivity index (χ2v) is 4.21. The van der Waals surface area contributed by atoms with Crippen molar-refractivity contribution < 1.29 is 14.2 Å². The minimum atomic E-state index is 0.723. The molecule has 0 fully saturated rings. The van der Waals surface area contributed by atoms with Crippen LogP contribution in [0, 0.1) is 0 Å². The van der Waals surface area contributed by atoms with Gasteiger partial charge in [-0.15, -0.1) is 0 Å². The molecule has 2 rings (SSSR count). The lowest BCUT2D eigenvalue weighted by molar-refractivity contribution is 0.356. The molecular weight excluding hydrogens is 242 g/mol. The maximum Gasteiger partial charge on any atom is 0.161 e. The maximum atomic E-state index is 5.42. The number of rotatable bonds is 5. The van der Waals surface area contributed by atoms with Crippen molar-refractivity contribution >= 4 is 10.8 Å². The summed E-state index contributed by atoms with van der Waals surface area (Å²) in [6.07, 6.45) is 0. The average molecular weight is 261 g/mol. The van der Waals surface area contributed by atoms with Crippen LogP contribution in [0.4, 0.5) is 0 Å². The molecule has 2 aromatic carbocycles. The Balaban J connectivity index is 2.72. The summed E-state index contributed by atoms with van der Waals surface area (Å²) in [5.41, 5.74) is 1.11. The average Bonchev–Trinajstić information content (AvgIpc) is 2.46. The molecule has 0 aliphatic rings. The van der Waals surface area contributed by atoms with Gasteiger partial charge in [0.05, 0.1) is 21.3 Å². The minimum Gasteiger partial charge on any atom is -0.496 e. The molecule has 0 amide bonds. The standard InChI is InChI=1S/C15H19NO3/c1-16-9-12-11-8-15(19-4)14(18-3)7-10(11)5-6-13(12)17-2/h5-8,16H,9H2,1-4H3. The molecule has 19 heavy (non-hydrogen) atoms. The van der Waals surface area contributed by atoms with Crippen molar-refractivity contribution in [2.75, 3.05) is 28.4 Å². The normalized spacial score (nSPS) is 10.5. The fraction of sp³-hybridized carbons (Fsp3) is 0.333. The molecule has 0 saturated heterocycles. The zero-order chi connectivity index (χ0) is 13.8. The van der Waals surface area contributed by atoms with E-state index in [-0.39, 0.29) is 0 Å². The number of benzene rings is 2. The SMILES string of the molecule is CNCc1c(OC)ccc2cc(OC)c(OC)cc12. The minimum absolute atomic E-state index is 0.723. The highest BCUT2D eigenvalue weighted by molar-refractivity contribution is 5.90. The van der Waals surface area contributed by atoms with Gasteiger partial charge in [-0.05, 0) is 36.0 Å². The van der Waals surface area contributed by atoms with E-state index in [1.165, 1.54) is 0 Å². The first-order valence-corrected chi connectivity index (χ1v) is 6.11. The number of fused-ring (bicyclic) bond motifs is 1. The number of nitrogens with one attached hydrogen (secondary N) is 1. The quantitative estimate of drug-likeness (QED) is 0.898. The van der Waals surface area contributed by atoms with Gasteiger partial charge in [0.2, 0.25) is 0 Å². The van der Waals surface area contributed by atoms with Crippen LogP contribution in [0.3, 0.4) is 0 Å². The summed E-state index contributed by atoms with van der Waals surface area (Å²) in [5, 5.41) is 5.37. The van der Waals surface area contributed by atoms with E-state index >= 15 is 0 Å². The van der Waals surface area contributed by atoms with Crippen LogP contribution in [0.2, 0.25) is 0 Å². The summed E-state index contributed by atoms with van der Waals surface area (Å²) in [4.78, 5) is 0. The van der Waals surface area contributed by atoms with Crippen molar-refractivity contribution in [2.45, 2.75) is 6.54 Å². The summed E-state index contributed by atoms with van der Waals surface area (Å²) >= 11 is 0. The highest BCUT2D eigenvalue weighted by Gasteiger charge is 2.12. The van der Waals surface area contributed by atoms with Crippen LogP contribution in [-0.2, 0) is 6.54 Å². The second kappa shape index (κ2) is 5.80. The molecule has 0 unspecified atom stereocenters. The molecule has 4 nitrogen and oxygen atoms in total. The highest BCUT2D eigenvalue weighted by Crippen LogP contribution is 2.36. The van der Waals surface area contributed by atoms with Gasteiger partial charge in [0.25, 0.3) is 0 Å². The highest BCUT2D eigenvalue weighted by atomic mass is 16.5. The molecule has 0 aromatic heterocycles. The predicted molar refractivity (Wildman–Crippen MR) is 76.4 cm³/mol. The maximum absolute atomic E-state index is 5.42. The van der Waals surface area contributed by atoms with Gasteiger partial charge in [-0.25, -0.2) is 0 Å². The lowest BCUT2D eigenvalue weighted by Gasteiger charge is -2.14. The molecular formula is C15H19NO3. The third-order valence-corrected chi connectivity index (χ3v) is 3.17. The molecule has 0 atom stereocenters. The van der Waals surface area contributed by atoms with E-state index in [1.807, 2.05) is 31.3 Å². The van der Waals surface area contributed by atoms with Gasteiger partial charge in [-0.1, -0.05) is 6.07 Å². The molecule has 0 aliphatic carbocycles. The number of ether oxygens (including phenoxy) is 3. The Morgan fingerprint density at radius 1 is 0.895 bits per heavy atom. The van der Waals surface area contributed by atoms with E-state index in [9.17, 15) is 0 Å². The summed E-state index contributed by atoms with van der Waals surface area (Å²) in [7, 11) is 6.88. The van der Waals surface area contributed by atoms with Crippen LogP contribution in [0.15, 0.2) is 24.3 Å². The Morgan fingerprint density at radius 3 is 2.11 bits per heavy atom. The molecule has 0 aliphatic heterocycles. The van der Waals surface area contributed by atoms with Crippen LogP contribution in [-0.4, -0.2) is 28.4 Å². The van der Waals surface area contributed by atoms with Crippen molar-refractivity contribution in [3.05, 3.63) is 29.8 Å². The third kappa shape index (κ3) is 2.44. The van der Waals surface area contributed by atoms with Gasteiger partial charge in [-0.2, -0.15) is 0 Å². The molecule has 102 valence electrons. The monoisotopic (exact) mass is 261 g/mol. The van der Waals surface area contributed by atoms with Crippen LogP contribution in [0.25, 0.3) is 10.8 Å². The number of hydrogen-bond acceptors (Lipinski definition) is 4. The molecule has 0 spiro atoms. The molecule has 0 bridgehead atoms. The first-order chi connectivity index (χ1) is 9.24. The lowest BCUT2D eigenvalue weighted by Crippen LogP contribution is -2.07. The Labute approximate surface area is 113 Å². The van der Waals surface area contributed by atoms with E-state index in [1.54, 1.807) is 21.3 Å². The van der Waals surface area contributed by atoms with E-state index in [0.717, 1.165) is 40.1 Å². The van der Waals surface area contributed by atoms with Crippen LogP contribution < -0.4 is 19.5 Å². The fourth-order valence-electron chi connectivity index (χ4n) is 2.24. The second-order valence-electron chi connectivity index (χ2n) is 4.21. The first kappa shape index (κ1) is 13.5. The van der Waals surface area contributed by atoms with Gasteiger partial charge in [-0.3, -0.25) is 0 Å². The first-order valence-electron chi connectivity index (χ1n) is 6.11. The predicted octanol–water partition coefficient (Wildman–Crippen LogP) is 2.59. The molecule has 1 N–H and O–H groups in total. The third-order valence-electron chi connectivity index (χ3n) is 3.17. The van der Waals surface area contributed by atoms with Gasteiger partial charge in [0.15, 0.2) is 11.5 Å². The van der Waals surface area contributed by atoms with Crippen molar-refractivity contribution in [1.29, 1.82) is 0 Å². The summed E-state index contributed by atoms with van der Waals surface area (Å²) in [5.74, 6) is 2.32. The smallest absolute Gasteiger partial charge is 0.161 e. The molecule has 4 heteroatoms. The Kier molecular flexibility index (Phi) is 4.12. The summed E-state index contributed by atoms with van der Waals surface area (Å²) in [6.45, 7) is 0.732. The topological polar surface area (TPSA) is 39.7 Å². The van der Waals surface area contributed by atoms with Crippen LogP contribution in [0.1, 0.15) is 5.56 Å². The van der Waals surface area contributed by atoms with Crippen molar-refractivity contribution in [1.82, 2.24) is 5.32 Å². The lowest BCUT2D eigenvalue weighted by atomic mass is 10.0. The Hall–Kier alpha value is -1.94. The summed E-state index contributed by atoms with van der Waals surface area (Å²) in [6, 6.07) is 7.96. The molecule has 0 saturated carbocycles. The van der Waals surface area contributed by atoms with Crippen LogP contribution >= 0.6 is 0 Å². The van der Waals surface area contributed by atoms with Crippen LogP contribution in [0.5, 0.6) is 17.2 Å². The fourth-order valence-corrected chi connectivity index (χ4v) is 2.24. The Bertz CT molecular complexity index is 581. The van der Waals surface area contributed by atoms with Gasteiger partial charge < -0.3 is 19.5 Å². The van der Waals surface area contributed by atoms with Crippen molar-refractivity contribution in [2.24, 2.45) is 0 Å². The zero-order valence-electron chi connectivity index (χ0n) is 11.7. The summed E-state index contributed by atoms with van der Waals surface area (Å²) < 4.78 is 16.1. The van der Waals surface area contributed by atoms with Crippen molar-refractivity contribution in [3.63, 3.8) is 0 Å². The van der Waals surface area contributed by atoms with Crippen molar-refractivity contribution in [3.8, 4) is 17.2 Å². The molecule has 0 radical (unpaired) electrons. The van der Waals surface area contributed by atoms with Gasteiger partial charge >= 0.3 is 0 Å². The Morgan fingerprint density at radius 2 is 1.53 bits per heavy atom. The van der Waals surface area contributed by atoms with E-state index in [4.69, 9.17) is 14.2 Å². The van der Waals surface area contributed by atoms with E-state index in [2.05, 4.69) is 5.32 Å².